The highest BCUT2D eigenvalue weighted by atomic mass is 32.1. The van der Waals surface area contributed by atoms with Crippen molar-refractivity contribution in [3.63, 3.8) is 0 Å². The summed E-state index contributed by atoms with van der Waals surface area (Å²) in [5, 5.41) is 7.51. The summed E-state index contributed by atoms with van der Waals surface area (Å²) in [6.07, 6.45) is 4.46. The third-order valence-electron chi connectivity index (χ3n) is 7.33. The SMILES string of the molecule is Cc1ccc(C(C)(C)N2CCC(CCc3ccc(F)s3)(c3nc(-c4ccc(F)cc4)n[nH]3)C2)cn1. The van der Waals surface area contributed by atoms with Crippen LogP contribution in [0.4, 0.5) is 8.78 Å². The zero-order valence-corrected chi connectivity index (χ0v) is 21.0. The smallest absolute Gasteiger partial charge is 0.181 e. The van der Waals surface area contributed by atoms with Crippen molar-refractivity contribution in [1.82, 2.24) is 25.1 Å². The second kappa shape index (κ2) is 9.24. The lowest BCUT2D eigenvalue weighted by molar-refractivity contribution is 0.141. The Kier molecular flexibility index (Phi) is 6.27. The van der Waals surface area contributed by atoms with E-state index in [1.807, 2.05) is 19.2 Å². The fourth-order valence-corrected chi connectivity index (χ4v) is 5.68. The van der Waals surface area contributed by atoms with E-state index in [2.05, 4.69) is 46.1 Å². The minimum Gasteiger partial charge on any atom is -0.293 e. The minimum absolute atomic E-state index is 0.159. The van der Waals surface area contributed by atoms with Crippen molar-refractivity contribution >= 4 is 11.3 Å². The van der Waals surface area contributed by atoms with Crippen molar-refractivity contribution in [2.75, 3.05) is 13.1 Å². The lowest BCUT2D eigenvalue weighted by Crippen LogP contribution is -2.42. The predicted molar refractivity (Wildman–Crippen MR) is 134 cm³/mol. The highest BCUT2D eigenvalue weighted by molar-refractivity contribution is 7.10. The Labute approximate surface area is 208 Å². The molecule has 1 aliphatic rings. The predicted octanol–water partition coefficient (Wildman–Crippen LogP) is 6.03. The number of thiophene rings is 1. The van der Waals surface area contributed by atoms with Gasteiger partial charge in [-0.25, -0.2) is 9.37 Å². The number of nitrogens with zero attached hydrogens (tertiary/aromatic N) is 4. The molecule has 0 bridgehead atoms. The van der Waals surface area contributed by atoms with E-state index in [0.717, 1.165) is 54.3 Å². The van der Waals surface area contributed by atoms with E-state index < -0.39 is 0 Å². The largest absolute Gasteiger partial charge is 0.293 e. The Morgan fingerprint density at radius 2 is 1.89 bits per heavy atom. The first-order chi connectivity index (χ1) is 16.7. The van der Waals surface area contributed by atoms with E-state index in [4.69, 9.17) is 4.98 Å². The van der Waals surface area contributed by atoms with Crippen molar-refractivity contribution in [1.29, 1.82) is 0 Å². The van der Waals surface area contributed by atoms with Crippen LogP contribution < -0.4 is 0 Å². The van der Waals surface area contributed by atoms with Gasteiger partial charge in [-0.1, -0.05) is 6.07 Å². The molecule has 1 fully saturated rings. The van der Waals surface area contributed by atoms with Gasteiger partial charge in [0.1, 0.15) is 11.6 Å². The van der Waals surface area contributed by atoms with E-state index in [1.165, 1.54) is 35.1 Å². The standard InChI is InChI=1S/C27H29F2N5S/c1-18-4-7-20(16-30-18)26(2,3)34-15-14-27(17-34,13-12-22-10-11-23(29)35-22)25-31-24(32-33-25)19-5-8-21(28)9-6-19/h4-11,16H,12-15,17H2,1-3H3,(H,31,32,33). The van der Waals surface area contributed by atoms with Gasteiger partial charge in [0.15, 0.2) is 11.0 Å². The number of rotatable bonds is 7. The number of hydrogen-bond donors (Lipinski definition) is 1. The van der Waals surface area contributed by atoms with Crippen LogP contribution in [0.2, 0.25) is 0 Å². The number of aryl methyl sites for hydroxylation is 2. The average Bonchev–Trinajstić information content (AvgIpc) is 3.59. The maximum absolute atomic E-state index is 13.6. The number of halogens is 2. The lowest BCUT2D eigenvalue weighted by atomic mass is 9.81. The third kappa shape index (κ3) is 4.77. The number of aromatic nitrogens is 4. The number of benzene rings is 1. The molecule has 1 N–H and O–H groups in total. The fraction of sp³-hybridized carbons (Fsp3) is 0.370. The van der Waals surface area contributed by atoms with Crippen molar-refractivity contribution in [3.05, 3.63) is 87.6 Å². The van der Waals surface area contributed by atoms with Gasteiger partial charge in [-0.05, 0) is 88.1 Å². The first kappa shape index (κ1) is 23.8. The molecule has 1 saturated heterocycles. The first-order valence-corrected chi connectivity index (χ1v) is 12.7. The quantitative estimate of drug-likeness (QED) is 0.342. The molecule has 8 heteroatoms. The van der Waals surface area contributed by atoms with Crippen LogP contribution in [0.1, 0.15) is 48.6 Å². The minimum atomic E-state index is -0.288. The molecule has 0 amide bonds. The summed E-state index contributed by atoms with van der Waals surface area (Å²) in [6, 6.07) is 13.8. The molecule has 0 spiro atoms. The van der Waals surface area contributed by atoms with Crippen LogP contribution in [0, 0.1) is 17.9 Å². The van der Waals surface area contributed by atoms with E-state index in [0.29, 0.717) is 5.82 Å². The van der Waals surface area contributed by atoms with Crippen molar-refractivity contribution in [2.24, 2.45) is 0 Å². The van der Waals surface area contributed by atoms with E-state index in [-0.39, 0.29) is 21.9 Å². The molecule has 0 aliphatic carbocycles. The number of likely N-dealkylation sites (tertiary alicyclic amines) is 1. The van der Waals surface area contributed by atoms with Gasteiger partial charge >= 0.3 is 0 Å². The highest BCUT2D eigenvalue weighted by Crippen LogP contribution is 2.43. The zero-order valence-electron chi connectivity index (χ0n) is 20.2. The van der Waals surface area contributed by atoms with Crippen LogP contribution in [0.5, 0.6) is 0 Å². The molecule has 35 heavy (non-hydrogen) atoms. The van der Waals surface area contributed by atoms with Gasteiger partial charge in [0, 0.05) is 46.4 Å². The van der Waals surface area contributed by atoms with Crippen LogP contribution in [0.15, 0.2) is 54.7 Å². The number of nitrogens with one attached hydrogen (secondary N) is 1. The fourth-order valence-electron chi connectivity index (χ4n) is 4.95. The van der Waals surface area contributed by atoms with Gasteiger partial charge in [-0.3, -0.25) is 15.0 Å². The number of H-pyrrole nitrogens is 1. The van der Waals surface area contributed by atoms with Crippen LogP contribution in [-0.4, -0.2) is 38.2 Å². The van der Waals surface area contributed by atoms with Gasteiger partial charge in [0.05, 0.1) is 0 Å². The van der Waals surface area contributed by atoms with Gasteiger partial charge < -0.3 is 0 Å². The van der Waals surface area contributed by atoms with Crippen LogP contribution in [0.3, 0.4) is 0 Å². The topological polar surface area (TPSA) is 57.7 Å². The molecule has 1 unspecified atom stereocenters. The Hall–Kier alpha value is -2.97. The second-order valence-corrected chi connectivity index (χ2v) is 11.0. The van der Waals surface area contributed by atoms with E-state index in [1.54, 1.807) is 12.1 Å². The molecule has 5 nitrogen and oxygen atoms in total. The van der Waals surface area contributed by atoms with Crippen LogP contribution in [0.25, 0.3) is 11.4 Å². The van der Waals surface area contributed by atoms with Crippen molar-refractivity contribution in [3.8, 4) is 11.4 Å². The molecular formula is C27H29F2N5S. The molecule has 0 saturated carbocycles. The Morgan fingerprint density at radius 1 is 1.09 bits per heavy atom. The molecule has 3 aromatic heterocycles. The number of aromatic amines is 1. The maximum atomic E-state index is 13.6. The van der Waals surface area contributed by atoms with Crippen LogP contribution >= 0.6 is 11.3 Å². The zero-order chi connectivity index (χ0) is 24.6. The molecule has 1 aliphatic heterocycles. The van der Waals surface area contributed by atoms with Crippen molar-refractivity contribution in [2.45, 2.75) is 51.0 Å². The van der Waals surface area contributed by atoms with Crippen LogP contribution in [-0.2, 0) is 17.4 Å². The highest BCUT2D eigenvalue weighted by Gasteiger charge is 2.46. The van der Waals surface area contributed by atoms with Gasteiger partial charge in [0.25, 0.3) is 0 Å². The second-order valence-electron chi connectivity index (χ2n) is 9.92. The number of pyridine rings is 1. The van der Waals surface area contributed by atoms with Gasteiger partial charge in [-0.2, -0.15) is 9.49 Å². The molecule has 4 aromatic rings. The molecule has 1 atom stereocenters. The van der Waals surface area contributed by atoms with Gasteiger partial charge in [0.2, 0.25) is 0 Å². The maximum Gasteiger partial charge on any atom is 0.181 e. The Morgan fingerprint density at radius 3 is 2.57 bits per heavy atom. The summed E-state index contributed by atoms with van der Waals surface area (Å²) >= 11 is 1.20. The molecule has 1 aromatic carbocycles. The molecule has 4 heterocycles. The summed E-state index contributed by atoms with van der Waals surface area (Å²) in [5.74, 6) is 1.10. The van der Waals surface area contributed by atoms with Gasteiger partial charge in [-0.15, -0.1) is 11.3 Å². The Bertz CT molecular complexity index is 1300. The summed E-state index contributed by atoms with van der Waals surface area (Å²) in [7, 11) is 0. The monoisotopic (exact) mass is 493 g/mol. The summed E-state index contributed by atoms with van der Waals surface area (Å²) in [5.41, 5.74) is 2.46. The average molecular weight is 494 g/mol. The third-order valence-corrected chi connectivity index (χ3v) is 8.26. The molecule has 0 radical (unpaired) electrons. The molecule has 182 valence electrons. The number of hydrogen-bond acceptors (Lipinski definition) is 5. The molecular weight excluding hydrogens is 464 g/mol. The Balaban J connectivity index is 1.45. The summed E-state index contributed by atoms with van der Waals surface area (Å²) in [4.78, 5) is 12.9. The first-order valence-electron chi connectivity index (χ1n) is 11.9. The summed E-state index contributed by atoms with van der Waals surface area (Å²) < 4.78 is 27.1. The molecule has 5 rings (SSSR count). The van der Waals surface area contributed by atoms with E-state index >= 15 is 0 Å². The summed E-state index contributed by atoms with van der Waals surface area (Å²) in [6.45, 7) is 8.14. The lowest BCUT2D eigenvalue weighted by Gasteiger charge is -2.37. The van der Waals surface area contributed by atoms with E-state index in [9.17, 15) is 8.78 Å². The normalized spacial score (nSPS) is 18.9. The van der Waals surface area contributed by atoms with Crippen molar-refractivity contribution < 1.29 is 8.78 Å².